The molecule has 0 saturated carbocycles. The summed E-state index contributed by atoms with van der Waals surface area (Å²) in [7, 11) is 0. The molecule has 2 heteroatoms. The molecule has 7 rings (SSSR count). The number of hydrogen-bond donors (Lipinski definition) is 0. The van der Waals surface area contributed by atoms with Crippen LogP contribution in [0.5, 0.6) is 0 Å². The minimum absolute atomic E-state index is 0.0964. The van der Waals surface area contributed by atoms with Crippen LogP contribution in [0.4, 0.5) is 0 Å². The van der Waals surface area contributed by atoms with Gasteiger partial charge in [0.25, 0.3) is 0 Å². The van der Waals surface area contributed by atoms with E-state index in [1.165, 1.54) is 76.8 Å². The molecule has 1 aliphatic carbocycles. The van der Waals surface area contributed by atoms with Gasteiger partial charge in [0.2, 0.25) is 0 Å². The number of hydrogen-bond acceptors (Lipinski definition) is 2. The molecule has 0 heterocycles. The molecule has 0 aliphatic heterocycles. The van der Waals surface area contributed by atoms with E-state index in [1.54, 1.807) is 6.92 Å². The average Bonchev–Trinajstić information content (AvgIpc) is 3.24. The maximum atomic E-state index is 11.7. The summed E-state index contributed by atoms with van der Waals surface area (Å²) in [5.74, 6) is -0.303. The van der Waals surface area contributed by atoms with Crippen molar-refractivity contribution in [3.05, 3.63) is 119 Å². The van der Waals surface area contributed by atoms with E-state index in [1.807, 2.05) is 0 Å². The van der Waals surface area contributed by atoms with Crippen molar-refractivity contribution in [3.63, 3.8) is 0 Å². The normalized spacial score (nSPS) is 13.8. The summed E-state index contributed by atoms with van der Waals surface area (Å²) in [6, 6.07) is 32.7. The number of esters is 1. The Labute approximate surface area is 267 Å². The molecule has 1 aliphatic rings. The highest BCUT2D eigenvalue weighted by Crippen LogP contribution is 2.50. The molecule has 45 heavy (non-hydrogen) atoms. The van der Waals surface area contributed by atoms with E-state index in [4.69, 9.17) is 4.74 Å². The third-order valence-electron chi connectivity index (χ3n) is 9.96. The maximum absolute atomic E-state index is 11.7. The highest BCUT2D eigenvalue weighted by Gasteiger charge is 2.36. The van der Waals surface area contributed by atoms with Crippen molar-refractivity contribution >= 4 is 38.3 Å². The van der Waals surface area contributed by atoms with Crippen LogP contribution in [0.25, 0.3) is 54.6 Å². The fraction of sp³-hybridized carbons (Fsp3) is 0.279. The lowest BCUT2D eigenvalue weighted by Gasteiger charge is -2.23. The van der Waals surface area contributed by atoms with Gasteiger partial charge in [0.15, 0.2) is 0 Å². The highest BCUT2D eigenvalue weighted by atomic mass is 16.5. The number of aryl methyl sites for hydroxylation is 1. The van der Waals surface area contributed by atoms with E-state index < -0.39 is 0 Å². The summed E-state index contributed by atoms with van der Waals surface area (Å²) in [4.78, 5) is 11.7. The second-order valence-corrected chi connectivity index (χ2v) is 14.6. The first-order valence-electron chi connectivity index (χ1n) is 16.3. The molecule has 0 aromatic heterocycles. The molecule has 0 radical (unpaired) electrons. The molecule has 0 spiro atoms. The van der Waals surface area contributed by atoms with Crippen LogP contribution in [-0.2, 0) is 26.8 Å². The van der Waals surface area contributed by atoms with Crippen LogP contribution in [-0.4, -0.2) is 12.6 Å². The van der Waals surface area contributed by atoms with E-state index >= 15 is 0 Å². The van der Waals surface area contributed by atoms with Gasteiger partial charge < -0.3 is 4.74 Å². The molecular weight excluding hydrogens is 548 g/mol. The van der Waals surface area contributed by atoms with Gasteiger partial charge in [-0.3, -0.25) is 0 Å². The summed E-state index contributed by atoms with van der Waals surface area (Å²) in [5.41, 5.74) is 11.2. The summed E-state index contributed by atoms with van der Waals surface area (Å²) < 4.78 is 5.28. The molecule has 0 atom stereocenters. The third kappa shape index (κ3) is 4.92. The smallest absolute Gasteiger partial charge is 0.333 e. The van der Waals surface area contributed by atoms with Gasteiger partial charge >= 0.3 is 5.97 Å². The Kier molecular flexibility index (Phi) is 6.89. The molecule has 0 unspecified atom stereocenters. The molecule has 0 saturated heterocycles. The number of ether oxygens (including phenoxy) is 1. The van der Waals surface area contributed by atoms with Gasteiger partial charge in [-0.2, -0.15) is 0 Å². The largest absolute Gasteiger partial charge is 0.462 e. The van der Waals surface area contributed by atoms with Crippen LogP contribution >= 0.6 is 0 Å². The topological polar surface area (TPSA) is 26.3 Å². The van der Waals surface area contributed by atoms with Crippen molar-refractivity contribution in [1.29, 1.82) is 0 Å². The number of carbonyl (C=O) groups is 1. The maximum Gasteiger partial charge on any atom is 0.333 e. The fourth-order valence-electron chi connectivity index (χ4n) is 7.33. The first-order valence-corrected chi connectivity index (χ1v) is 16.3. The molecular formula is C43H42O2. The van der Waals surface area contributed by atoms with Crippen LogP contribution in [0.15, 0.2) is 97.1 Å². The lowest BCUT2D eigenvalue weighted by Crippen LogP contribution is -2.15. The molecule has 0 fully saturated rings. The number of fused-ring (bicyclic) bond motifs is 3. The number of rotatable bonds is 7. The van der Waals surface area contributed by atoms with Crippen molar-refractivity contribution in [2.45, 2.75) is 71.6 Å². The summed E-state index contributed by atoms with van der Waals surface area (Å²) in [6.07, 6.45) is 2.79. The summed E-state index contributed by atoms with van der Waals surface area (Å²) in [5, 5.41) is 7.99. The SMILES string of the molecule is C=C(C)C(=O)OCCCCc1ccc2c(c1)C(C)(C)c1cc(-c3ccc4ccc5cc(C(C)(C)C)cc6ccc3c4c56)ccc1-2. The quantitative estimate of drug-likeness (QED) is 0.0800. The Morgan fingerprint density at radius 2 is 1.36 bits per heavy atom. The van der Waals surface area contributed by atoms with Gasteiger partial charge in [0.1, 0.15) is 0 Å². The van der Waals surface area contributed by atoms with Gasteiger partial charge in [-0.05, 0) is 114 Å². The molecule has 226 valence electrons. The zero-order chi connectivity index (χ0) is 31.7. The van der Waals surface area contributed by atoms with Crippen molar-refractivity contribution < 1.29 is 9.53 Å². The first kappa shape index (κ1) is 29.3. The molecule has 2 nitrogen and oxygen atoms in total. The molecule has 0 N–H and O–H groups in total. The van der Waals surface area contributed by atoms with E-state index in [9.17, 15) is 4.79 Å². The Balaban J connectivity index is 1.22. The molecule has 0 amide bonds. The van der Waals surface area contributed by atoms with E-state index in [0.29, 0.717) is 12.2 Å². The predicted octanol–water partition coefficient (Wildman–Crippen LogP) is 11.3. The molecule has 0 bridgehead atoms. The van der Waals surface area contributed by atoms with Gasteiger partial charge in [-0.15, -0.1) is 0 Å². The first-order chi connectivity index (χ1) is 21.4. The average molecular weight is 591 g/mol. The lowest BCUT2D eigenvalue weighted by atomic mass is 9.80. The lowest BCUT2D eigenvalue weighted by molar-refractivity contribution is -0.139. The second kappa shape index (κ2) is 10.6. The van der Waals surface area contributed by atoms with Crippen molar-refractivity contribution in [2.75, 3.05) is 6.61 Å². The Hall–Kier alpha value is -4.43. The van der Waals surface area contributed by atoms with Crippen molar-refractivity contribution in [2.24, 2.45) is 0 Å². The highest BCUT2D eigenvalue weighted by molar-refractivity contribution is 6.25. The second-order valence-electron chi connectivity index (χ2n) is 14.6. The standard InChI is InChI=1S/C43H42O2/c1-26(2)41(44)45-21-9-8-10-27-11-17-34-35-19-15-29(25-38(35)43(6,7)37(34)22-27)33-18-14-28-12-13-30-23-32(42(3,4)5)24-31-16-20-36(33)40(28)39(30)31/h11-20,22-25H,1,8-10,21H2,2-7H3. The summed E-state index contributed by atoms with van der Waals surface area (Å²) in [6.45, 7) is 17.4. The van der Waals surface area contributed by atoms with Crippen LogP contribution in [0.2, 0.25) is 0 Å². The Morgan fingerprint density at radius 1 is 0.733 bits per heavy atom. The van der Waals surface area contributed by atoms with Crippen LogP contribution < -0.4 is 0 Å². The van der Waals surface area contributed by atoms with Gasteiger partial charge in [-0.25, -0.2) is 4.79 Å². The minimum atomic E-state index is -0.303. The molecule has 6 aromatic carbocycles. The number of unbranched alkanes of at least 4 members (excludes halogenated alkanes) is 1. The fourth-order valence-corrected chi connectivity index (χ4v) is 7.33. The minimum Gasteiger partial charge on any atom is -0.462 e. The molecule has 6 aromatic rings. The van der Waals surface area contributed by atoms with Gasteiger partial charge in [0, 0.05) is 11.0 Å². The third-order valence-corrected chi connectivity index (χ3v) is 9.96. The monoisotopic (exact) mass is 590 g/mol. The summed E-state index contributed by atoms with van der Waals surface area (Å²) >= 11 is 0. The number of carbonyl (C=O) groups excluding carboxylic acids is 1. The van der Waals surface area contributed by atoms with Crippen molar-refractivity contribution in [3.8, 4) is 22.3 Å². The van der Waals surface area contributed by atoms with Gasteiger partial charge in [-0.1, -0.05) is 120 Å². The Bertz CT molecular complexity index is 2120. The Morgan fingerprint density at radius 3 is 2.07 bits per heavy atom. The van der Waals surface area contributed by atoms with Crippen LogP contribution in [0.3, 0.4) is 0 Å². The predicted molar refractivity (Wildman–Crippen MR) is 191 cm³/mol. The van der Waals surface area contributed by atoms with E-state index in [0.717, 1.165) is 19.3 Å². The van der Waals surface area contributed by atoms with Gasteiger partial charge in [0.05, 0.1) is 6.61 Å². The zero-order valence-corrected chi connectivity index (χ0v) is 27.4. The van der Waals surface area contributed by atoms with E-state index in [-0.39, 0.29) is 16.8 Å². The van der Waals surface area contributed by atoms with E-state index in [2.05, 4.69) is 126 Å². The van der Waals surface area contributed by atoms with Crippen LogP contribution in [0, 0.1) is 0 Å². The van der Waals surface area contributed by atoms with Crippen LogP contribution in [0.1, 0.15) is 76.6 Å². The van der Waals surface area contributed by atoms with Crippen molar-refractivity contribution in [1.82, 2.24) is 0 Å². The zero-order valence-electron chi connectivity index (χ0n) is 27.4. The number of benzene rings is 6.